The lowest BCUT2D eigenvalue weighted by molar-refractivity contribution is 0.144. The zero-order valence-corrected chi connectivity index (χ0v) is 13.8. The molecule has 3 rings (SSSR count). The summed E-state index contributed by atoms with van der Waals surface area (Å²) in [5, 5.41) is 3.15. The number of hydrogen-bond donors (Lipinski definition) is 1. The number of piperazine rings is 1. The van der Waals surface area contributed by atoms with Crippen LogP contribution >= 0.6 is 0 Å². The molecule has 0 aromatic rings. The van der Waals surface area contributed by atoms with Gasteiger partial charge in [0.25, 0.3) is 10.2 Å². The van der Waals surface area contributed by atoms with Crippen molar-refractivity contribution in [3.63, 3.8) is 0 Å². The first kappa shape index (κ1) is 15.7. The Labute approximate surface area is 128 Å². The van der Waals surface area contributed by atoms with Crippen LogP contribution in [0.4, 0.5) is 0 Å². The summed E-state index contributed by atoms with van der Waals surface area (Å²) < 4.78 is 29.5. The van der Waals surface area contributed by atoms with Crippen molar-refractivity contribution < 1.29 is 8.42 Å². The summed E-state index contributed by atoms with van der Waals surface area (Å²) >= 11 is 0. The van der Waals surface area contributed by atoms with E-state index < -0.39 is 10.2 Å². The van der Waals surface area contributed by atoms with Gasteiger partial charge in [-0.2, -0.15) is 17.0 Å². The Bertz CT molecular complexity index is 454. The third-order valence-corrected chi connectivity index (χ3v) is 7.24. The van der Waals surface area contributed by atoms with Crippen LogP contribution in [0.15, 0.2) is 0 Å². The Hall–Kier alpha value is -0.210. The predicted molar refractivity (Wildman–Crippen MR) is 83.4 cm³/mol. The van der Waals surface area contributed by atoms with Crippen LogP contribution in [-0.2, 0) is 10.2 Å². The first-order chi connectivity index (χ1) is 10.1. The number of nitrogens with zero attached hydrogens (tertiary/aromatic N) is 3. The Morgan fingerprint density at radius 2 is 1.90 bits per heavy atom. The van der Waals surface area contributed by atoms with Gasteiger partial charge in [-0.3, -0.25) is 4.90 Å². The minimum atomic E-state index is -3.30. The number of fused-ring (bicyclic) bond motifs is 1. The van der Waals surface area contributed by atoms with Crippen molar-refractivity contribution in [2.24, 2.45) is 0 Å². The third kappa shape index (κ3) is 3.12. The topological polar surface area (TPSA) is 55.9 Å². The molecule has 3 aliphatic rings. The number of rotatable bonds is 4. The van der Waals surface area contributed by atoms with Gasteiger partial charge in [-0.05, 0) is 39.3 Å². The molecule has 122 valence electrons. The Morgan fingerprint density at radius 3 is 2.71 bits per heavy atom. The van der Waals surface area contributed by atoms with E-state index in [1.165, 1.54) is 6.42 Å². The maximum absolute atomic E-state index is 13.0. The highest BCUT2D eigenvalue weighted by Crippen LogP contribution is 2.27. The molecular formula is C14H28N4O2S. The van der Waals surface area contributed by atoms with E-state index in [0.29, 0.717) is 25.7 Å². The normalized spacial score (nSPS) is 33.2. The minimum Gasteiger partial charge on any atom is -0.318 e. The summed E-state index contributed by atoms with van der Waals surface area (Å²) in [6.07, 6.45) is 5.46. The van der Waals surface area contributed by atoms with Crippen LogP contribution in [0, 0.1) is 0 Å². The minimum absolute atomic E-state index is 0.121. The summed E-state index contributed by atoms with van der Waals surface area (Å²) in [5.74, 6) is 0. The maximum atomic E-state index is 13.0. The number of nitrogens with one attached hydrogen (secondary N) is 1. The van der Waals surface area contributed by atoms with E-state index in [-0.39, 0.29) is 6.04 Å². The van der Waals surface area contributed by atoms with E-state index >= 15 is 0 Å². The van der Waals surface area contributed by atoms with Crippen molar-refractivity contribution in [3.8, 4) is 0 Å². The van der Waals surface area contributed by atoms with E-state index in [1.807, 2.05) is 7.05 Å². The Morgan fingerprint density at radius 1 is 1.05 bits per heavy atom. The highest BCUT2D eigenvalue weighted by Gasteiger charge is 2.40. The lowest BCUT2D eigenvalue weighted by Crippen LogP contribution is -2.58. The van der Waals surface area contributed by atoms with Gasteiger partial charge in [0, 0.05) is 44.8 Å². The fraction of sp³-hybridized carbons (Fsp3) is 1.00. The lowest BCUT2D eigenvalue weighted by atomic mass is 10.1. The van der Waals surface area contributed by atoms with Gasteiger partial charge in [-0.25, -0.2) is 0 Å². The fourth-order valence-electron chi connectivity index (χ4n) is 4.04. The van der Waals surface area contributed by atoms with Gasteiger partial charge in [0.1, 0.15) is 0 Å². The van der Waals surface area contributed by atoms with Crippen LogP contribution in [-0.4, -0.2) is 80.3 Å². The monoisotopic (exact) mass is 316 g/mol. The van der Waals surface area contributed by atoms with Gasteiger partial charge in [0.15, 0.2) is 0 Å². The van der Waals surface area contributed by atoms with Crippen molar-refractivity contribution in [3.05, 3.63) is 0 Å². The van der Waals surface area contributed by atoms with Crippen molar-refractivity contribution >= 4 is 10.2 Å². The molecule has 3 aliphatic heterocycles. The van der Waals surface area contributed by atoms with Crippen molar-refractivity contribution in [1.29, 1.82) is 0 Å². The van der Waals surface area contributed by atoms with E-state index in [9.17, 15) is 8.42 Å². The molecular weight excluding hydrogens is 288 g/mol. The molecule has 2 unspecified atom stereocenters. The average Bonchev–Trinajstić information content (AvgIpc) is 2.95. The quantitative estimate of drug-likeness (QED) is 0.798. The summed E-state index contributed by atoms with van der Waals surface area (Å²) in [4.78, 5) is 2.45. The second kappa shape index (κ2) is 6.50. The second-order valence-electron chi connectivity index (χ2n) is 6.52. The van der Waals surface area contributed by atoms with Crippen LogP contribution in [0.3, 0.4) is 0 Å². The summed E-state index contributed by atoms with van der Waals surface area (Å²) in [6, 6.07) is 0.566. The van der Waals surface area contributed by atoms with Crippen LogP contribution < -0.4 is 5.32 Å². The molecule has 0 aromatic heterocycles. The van der Waals surface area contributed by atoms with Crippen LogP contribution in [0.2, 0.25) is 0 Å². The SMILES string of the molecule is CNCC1CCCCN1S(=O)(=O)N1CCN2CCCC2C1. The highest BCUT2D eigenvalue weighted by molar-refractivity contribution is 7.86. The molecule has 7 heteroatoms. The average molecular weight is 316 g/mol. The van der Waals surface area contributed by atoms with Crippen LogP contribution in [0.25, 0.3) is 0 Å². The summed E-state index contributed by atoms with van der Waals surface area (Å²) in [7, 11) is -1.40. The highest BCUT2D eigenvalue weighted by atomic mass is 32.2. The van der Waals surface area contributed by atoms with Gasteiger partial charge >= 0.3 is 0 Å². The molecule has 1 N–H and O–H groups in total. The Kier molecular flexibility index (Phi) is 4.85. The van der Waals surface area contributed by atoms with Gasteiger partial charge in [-0.15, -0.1) is 0 Å². The zero-order valence-electron chi connectivity index (χ0n) is 13.0. The molecule has 6 nitrogen and oxygen atoms in total. The second-order valence-corrected chi connectivity index (χ2v) is 8.40. The molecule has 0 aliphatic carbocycles. The first-order valence-corrected chi connectivity index (χ1v) is 9.68. The molecule has 3 saturated heterocycles. The van der Waals surface area contributed by atoms with Gasteiger partial charge in [-0.1, -0.05) is 6.42 Å². The maximum Gasteiger partial charge on any atom is 0.282 e. The summed E-state index contributed by atoms with van der Waals surface area (Å²) in [5.41, 5.74) is 0. The van der Waals surface area contributed by atoms with Crippen molar-refractivity contribution in [1.82, 2.24) is 18.8 Å². The van der Waals surface area contributed by atoms with E-state index in [4.69, 9.17) is 0 Å². The largest absolute Gasteiger partial charge is 0.318 e. The van der Waals surface area contributed by atoms with E-state index in [2.05, 4.69) is 10.2 Å². The molecule has 0 amide bonds. The fourth-order valence-corrected chi connectivity index (χ4v) is 5.92. The first-order valence-electron chi connectivity index (χ1n) is 8.28. The van der Waals surface area contributed by atoms with Crippen molar-refractivity contribution in [2.45, 2.75) is 44.2 Å². The Balaban J connectivity index is 1.72. The number of hydrogen-bond acceptors (Lipinski definition) is 4. The van der Waals surface area contributed by atoms with Gasteiger partial charge in [0.2, 0.25) is 0 Å². The molecule has 0 bridgehead atoms. The lowest BCUT2D eigenvalue weighted by Gasteiger charge is -2.42. The molecule has 0 saturated carbocycles. The third-order valence-electron chi connectivity index (χ3n) is 5.19. The zero-order chi connectivity index (χ0) is 14.9. The smallest absolute Gasteiger partial charge is 0.282 e. The standard InChI is InChI=1S/C14H28N4O2S/c1-15-11-13-5-2-3-8-18(13)21(19,20)17-10-9-16-7-4-6-14(16)12-17/h13-15H,2-12H2,1H3. The van der Waals surface area contributed by atoms with E-state index in [0.717, 1.165) is 45.3 Å². The van der Waals surface area contributed by atoms with Crippen LogP contribution in [0.1, 0.15) is 32.1 Å². The van der Waals surface area contributed by atoms with E-state index in [1.54, 1.807) is 8.61 Å². The molecule has 21 heavy (non-hydrogen) atoms. The summed E-state index contributed by atoms with van der Waals surface area (Å²) in [6.45, 7) is 4.81. The number of piperidine rings is 1. The van der Waals surface area contributed by atoms with Crippen LogP contribution in [0.5, 0.6) is 0 Å². The predicted octanol–water partition coefficient (Wildman–Crippen LogP) is 0.0851. The molecule has 0 spiro atoms. The molecule has 2 atom stereocenters. The van der Waals surface area contributed by atoms with Crippen molar-refractivity contribution in [2.75, 3.05) is 46.3 Å². The molecule has 3 fully saturated rings. The van der Waals surface area contributed by atoms with Gasteiger partial charge in [0.05, 0.1) is 0 Å². The molecule has 0 radical (unpaired) electrons. The van der Waals surface area contributed by atoms with Gasteiger partial charge < -0.3 is 5.32 Å². The molecule has 3 heterocycles. The number of likely N-dealkylation sites (N-methyl/N-ethyl adjacent to an activating group) is 1. The molecule has 0 aromatic carbocycles.